The molecule has 0 heterocycles. The van der Waals surface area contributed by atoms with Gasteiger partial charge in [-0.25, -0.2) is 0 Å². The Morgan fingerprint density at radius 3 is 2.53 bits per heavy atom. The first-order valence-corrected chi connectivity index (χ1v) is 5.36. The average Bonchev–Trinajstić information content (AvgIpc) is 2.16. The molecule has 0 fully saturated rings. The third-order valence-corrected chi connectivity index (χ3v) is 2.69. The van der Waals surface area contributed by atoms with Crippen molar-refractivity contribution in [3.05, 3.63) is 38.3 Å². The van der Waals surface area contributed by atoms with Crippen molar-refractivity contribution in [2.24, 2.45) is 0 Å². The highest BCUT2D eigenvalue weighted by Crippen LogP contribution is 2.26. The number of carbonyl (C=O) groups excluding carboxylic acids is 1. The Balaban J connectivity index is 3.19. The summed E-state index contributed by atoms with van der Waals surface area (Å²) in [4.78, 5) is 20.1. The Morgan fingerprint density at radius 1 is 1.47 bits per heavy atom. The van der Waals surface area contributed by atoms with Crippen molar-refractivity contribution in [2.45, 2.75) is 4.84 Å². The molecule has 0 atom stereocenters. The maximum Gasteiger partial charge on any atom is 0.284 e. The fourth-order valence-electron chi connectivity index (χ4n) is 0.932. The molecule has 0 radical (unpaired) electrons. The van der Waals surface area contributed by atoms with E-state index in [1.807, 2.05) is 0 Å². The summed E-state index contributed by atoms with van der Waals surface area (Å²) in [6, 6.07) is 3.95. The summed E-state index contributed by atoms with van der Waals surface area (Å²) in [5.74, 6) is -0.561. The lowest BCUT2D eigenvalue weighted by atomic mass is 10.1. The molecule has 0 aromatic heterocycles. The Hall–Kier alpha value is -0.650. The third-order valence-electron chi connectivity index (χ3n) is 1.63. The van der Waals surface area contributed by atoms with Crippen molar-refractivity contribution in [1.29, 1.82) is 0 Å². The number of rotatable bonds is 3. The lowest BCUT2D eigenvalue weighted by molar-refractivity contribution is -0.385. The summed E-state index contributed by atoms with van der Waals surface area (Å²) in [7, 11) is 0. The summed E-state index contributed by atoms with van der Waals surface area (Å²) >= 11 is 13.7. The summed E-state index contributed by atoms with van der Waals surface area (Å²) in [6.07, 6.45) is 0. The molecule has 0 saturated heterocycles. The van der Waals surface area contributed by atoms with E-state index in [0.717, 1.165) is 6.07 Å². The molecule has 15 heavy (non-hydrogen) atoms. The van der Waals surface area contributed by atoms with Crippen LogP contribution < -0.4 is 0 Å². The molecule has 7 heteroatoms. The molecule has 0 N–H and O–H groups in total. The Kier molecular flexibility index (Phi) is 4.07. The van der Waals surface area contributed by atoms with Crippen LogP contribution in [0.5, 0.6) is 0 Å². The van der Waals surface area contributed by atoms with Crippen molar-refractivity contribution < 1.29 is 9.72 Å². The van der Waals surface area contributed by atoms with Gasteiger partial charge in [-0.1, -0.05) is 23.2 Å². The van der Waals surface area contributed by atoms with Crippen LogP contribution in [0.25, 0.3) is 0 Å². The number of carbonyl (C=O) groups is 1. The smallest absolute Gasteiger partial charge is 0.284 e. The minimum absolute atomic E-state index is 0.111. The monoisotopic (exact) mass is 311 g/mol. The van der Waals surface area contributed by atoms with E-state index in [-0.39, 0.29) is 11.3 Å². The number of alkyl halides is 2. The van der Waals surface area contributed by atoms with Gasteiger partial charge in [-0.2, -0.15) is 0 Å². The fourth-order valence-corrected chi connectivity index (χ4v) is 1.58. The van der Waals surface area contributed by atoms with Crippen molar-refractivity contribution in [3.63, 3.8) is 0 Å². The van der Waals surface area contributed by atoms with Gasteiger partial charge in [0.1, 0.15) is 0 Å². The van der Waals surface area contributed by atoms with E-state index in [4.69, 9.17) is 23.2 Å². The van der Waals surface area contributed by atoms with Crippen LogP contribution >= 0.6 is 39.1 Å². The summed E-state index contributed by atoms with van der Waals surface area (Å²) < 4.78 is 0.296. The van der Waals surface area contributed by atoms with Gasteiger partial charge in [0.15, 0.2) is 10.6 Å². The third kappa shape index (κ3) is 2.90. The summed E-state index contributed by atoms with van der Waals surface area (Å²) in [5.41, 5.74) is -0.0882. The number of hydrogen-bond acceptors (Lipinski definition) is 3. The van der Waals surface area contributed by atoms with Gasteiger partial charge in [0.05, 0.1) is 9.40 Å². The van der Waals surface area contributed by atoms with Crippen LogP contribution in [0, 0.1) is 10.1 Å². The number of nitro groups is 1. The van der Waals surface area contributed by atoms with Crippen LogP contribution in [0.3, 0.4) is 0 Å². The molecule has 0 aliphatic carbocycles. The second-order valence-electron chi connectivity index (χ2n) is 2.59. The normalized spacial score (nSPS) is 10.4. The SMILES string of the molecule is O=C(c1ccc(Br)c([N+](=O)[O-])c1)C(Cl)Cl. The maximum absolute atomic E-state index is 11.3. The van der Waals surface area contributed by atoms with Crippen LogP contribution in [-0.2, 0) is 0 Å². The zero-order valence-electron chi connectivity index (χ0n) is 7.12. The quantitative estimate of drug-likeness (QED) is 0.372. The largest absolute Gasteiger partial charge is 0.291 e. The molecule has 0 bridgehead atoms. The molecule has 0 saturated carbocycles. The zero-order chi connectivity index (χ0) is 11.6. The number of halogens is 3. The van der Waals surface area contributed by atoms with Gasteiger partial charge < -0.3 is 0 Å². The van der Waals surface area contributed by atoms with Crippen molar-refractivity contribution >= 4 is 50.6 Å². The molecule has 4 nitrogen and oxygen atoms in total. The van der Waals surface area contributed by atoms with Crippen molar-refractivity contribution in [3.8, 4) is 0 Å². The first kappa shape index (κ1) is 12.4. The second kappa shape index (κ2) is 4.92. The van der Waals surface area contributed by atoms with Crippen LogP contribution in [0.4, 0.5) is 5.69 Å². The number of nitrogens with zero attached hydrogens (tertiary/aromatic N) is 1. The topological polar surface area (TPSA) is 60.2 Å². The fraction of sp³-hybridized carbons (Fsp3) is 0.125. The van der Waals surface area contributed by atoms with Gasteiger partial charge in [0.25, 0.3) is 5.69 Å². The number of Topliss-reactive ketones (excluding diaryl/α,β-unsaturated/α-hetero) is 1. The first-order valence-electron chi connectivity index (χ1n) is 3.70. The average molecular weight is 313 g/mol. The Bertz CT molecular complexity index is 422. The number of nitro benzene ring substituents is 1. The highest BCUT2D eigenvalue weighted by molar-refractivity contribution is 9.10. The predicted octanol–water partition coefficient (Wildman–Crippen LogP) is 3.34. The van der Waals surface area contributed by atoms with E-state index >= 15 is 0 Å². The van der Waals surface area contributed by atoms with Gasteiger partial charge in [0, 0.05) is 11.6 Å². The molecular formula is C8H4BrCl2NO3. The van der Waals surface area contributed by atoms with Crippen LogP contribution in [0.15, 0.2) is 22.7 Å². The highest BCUT2D eigenvalue weighted by atomic mass is 79.9. The van der Waals surface area contributed by atoms with Gasteiger partial charge in [-0.3, -0.25) is 14.9 Å². The van der Waals surface area contributed by atoms with Gasteiger partial charge in [-0.15, -0.1) is 0 Å². The van der Waals surface area contributed by atoms with Crippen molar-refractivity contribution in [1.82, 2.24) is 0 Å². The molecule has 0 spiro atoms. The number of hydrogen-bond donors (Lipinski definition) is 0. The predicted molar refractivity (Wildman–Crippen MR) is 60.6 cm³/mol. The van der Waals surface area contributed by atoms with Gasteiger partial charge in [0.2, 0.25) is 0 Å². The van der Waals surface area contributed by atoms with Crippen LogP contribution in [-0.4, -0.2) is 15.5 Å². The molecule has 0 amide bonds. The number of ketones is 1. The van der Waals surface area contributed by atoms with E-state index < -0.39 is 15.5 Å². The lowest BCUT2D eigenvalue weighted by Crippen LogP contribution is -2.08. The molecule has 0 unspecified atom stereocenters. The molecule has 1 aromatic carbocycles. The first-order chi connectivity index (χ1) is 6.93. The van der Waals surface area contributed by atoms with Crippen molar-refractivity contribution in [2.75, 3.05) is 0 Å². The lowest BCUT2D eigenvalue weighted by Gasteiger charge is -2.01. The van der Waals surface area contributed by atoms with E-state index in [0.29, 0.717) is 4.47 Å². The van der Waals surface area contributed by atoms with E-state index in [1.54, 1.807) is 0 Å². The number of benzene rings is 1. The van der Waals surface area contributed by atoms with Crippen LogP contribution in [0.1, 0.15) is 10.4 Å². The second-order valence-corrected chi connectivity index (χ2v) is 4.54. The minimum Gasteiger partial charge on any atom is -0.291 e. The van der Waals surface area contributed by atoms with E-state index in [1.165, 1.54) is 12.1 Å². The molecule has 0 aliphatic heterocycles. The summed E-state index contributed by atoms with van der Waals surface area (Å²) in [6.45, 7) is 0. The summed E-state index contributed by atoms with van der Waals surface area (Å²) in [5, 5.41) is 10.6. The van der Waals surface area contributed by atoms with E-state index in [9.17, 15) is 14.9 Å². The maximum atomic E-state index is 11.3. The molecule has 1 aromatic rings. The molecule has 80 valence electrons. The highest BCUT2D eigenvalue weighted by Gasteiger charge is 2.19. The molecule has 1 rings (SSSR count). The standard InChI is InChI=1S/C8H4BrCl2NO3/c9-5-2-1-4(7(13)8(10)11)3-6(5)12(14)15/h1-3,8H. The Labute approximate surface area is 103 Å². The van der Waals surface area contributed by atoms with Crippen LogP contribution in [0.2, 0.25) is 0 Å². The molecule has 0 aliphatic rings. The molecular weight excluding hydrogens is 309 g/mol. The van der Waals surface area contributed by atoms with Gasteiger partial charge >= 0.3 is 0 Å². The minimum atomic E-state index is -1.22. The van der Waals surface area contributed by atoms with Gasteiger partial charge in [-0.05, 0) is 28.1 Å². The van der Waals surface area contributed by atoms with E-state index in [2.05, 4.69) is 15.9 Å². The Morgan fingerprint density at radius 2 is 2.07 bits per heavy atom. The zero-order valence-corrected chi connectivity index (χ0v) is 10.2.